The number of aromatic nitrogens is 1. The van der Waals surface area contributed by atoms with E-state index in [1.165, 1.54) is 12.3 Å². The van der Waals surface area contributed by atoms with Gasteiger partial charge in [-0.3, -0.25) is 9.78 Å². The van der Waals surface area contributed by atoms with E-state index in [9.17, 15) is 15.0 Å². The van der Waals surface area contributed by atoms with Crippen LogP contribution in [0.5, 0.6) is 5.75 Å². The normalized spacial score (nSPS) is 22.4. The lowest BCUT2D eigenvalue weighted by Crippen LogP contribution is -2.42. The van der Waals surface area contributed by atoms with Crippen LogP contribution in [0.1, 0.15) is 43.4 Å². The third kappa shape index (κ3) is 5.12. The van der Waals surface area contributed by atoms with E-state index in [1.807, 2.05) is 6.07 Å². The molecule has 1 aromatic carbocycles. The van der Waals surface area contributed by atoms with Gasteiger partial charge in [-0.1, -0.05) is 29.3 Å². The molecule has 0 spiro atoms. The molecule has 3 N–H and O–H groups in total. The molecule has 0 bridgehead atoms. The molecule has 1 amide bonds. The fourth-order valence-electron chi connectivity index (χ4n) is 3.43. The monoisotopic (exact) mass is 408 g/mol. The molecule has 1 aliphatic rings. The predicted octanol–water partition coefficient (Wildman–Crippen LogP) is 3.97. The molecule has 7 heteroatoms. The summed E-state index contributed by atoms with van der Waals surface area (Å²) in [6, 6.07) is 8.48. The molecule has 0 saturated heterocycles. The average molecular weight is 409 g/mol. The fraction of sp³-hybridized carbons (Fsp3) is 0.400. The Morgan fingerprint density at radius 3 is 2.59 bits per heavy atom. The highest BCUT2D eigenvalue weighted by atomic mass is 35.5. The van der Waals surface area contributed by atoms with Gasteiger partial charge in [-0.2, -0.15) is 0 Å². The molecule has 1 aromatic heterocycles. The third-order valence-corrected chi connectivity index (χ3v) is 5.63. The molecule has 1 saturated carbocycles. The number of pyridine rings is 1. The Labute approximate surface area is 168 Å². The molecular weight excluding hydrogens is 387 g/mol. The number of halogens is 2. The smallest absolute Gasteiger partial charge is 0.220 e. The number of nitrogens with zero attached hydrogens (tertiary/aromatic N) is 1. The summed E-state index contributed by atoms with van der Waals surface area (Å²) in [5.41, 5.74) is 0.446. The van der Waals surface area contributed by atoms with Crippen molar-refractivity contribution in [1.82, 2.24) is 10.3 Å². The van der Waals surface area contributed by atoms with E-state index >= 15 is 0 Å². The second-order valence-corrected chi connectivity index (χ2v) is 7.85. The van der Waals surface area contributed by atoms with E-state index in [2.05, 4.69) is 10.3 Å². The van der Waals surface area contributed by atoms with Crippen LogP contribution in [-0.2, 0) is 16.8 Å². The van der Waals surface area contributed by atoms with Gasteiger partial charge < -0.3 is 15.5 Å². The summed E-state index contributed by atoms with van der Waals surface area (Å²) in [5.74, 6) is 0.0447. The minimum absolute atomic E-state index is 0.0285. The number of benzene rings is 1. The molecule has 0 radical (unpaired) electrons. The maximum atomic E-state index is 12.2. The van der Waals surface area contributed by atoms with Gasteiger partial charge in [0.25, 0.3) is 0 Å². The van der Waals surface area contributed by atoms with Gasteiger partial charge in [0.05, 0.1) is 11.9 Å². The summed E-state index contributed by atoms with van der Waals surface area (Å²) >= 11 is 12.0. The molecule has 144 valence electrons. The van der Waals surface area contributed by atoms with Crippen LogP contribution in [0, 0.1) is 0 Å². The van der Waals surface area contributed by atoms with Crippen molar-refractivity contribution in [2.45, 2.75) is 50.2 Å². The highest BCUT2D eigenvalue weighted by Gasteiger charge is 2.36. The second-order valence-electron chi connectivity index (χ2n) is 7.01. The minimum Gasteiger partial charge on any atom is -0.506 e. The summed E-state index contributed by atoms with van der Waals surface area (Å²) in [6.07, 6.45) is 4.61. The van der Waals surface area contributed by atoms with Crippen LogP contribution in [0.4, 0.5) is 0 Å². The average Bonchev–Trinajstić information content (AvgIpc) is 2.63. The van der Waals surface area contributed by atoms with Gasteiger partial charge in [-0.05, 0) is 61.9 Å². The van der Waals surface area contributed by atoms with Gasteiger partial charge in [0, 0.05) is 22.5 Å². The van der Waals surface area contributed by atoms with Crippen molar-refractivity contribution < 1.29 is 15.0 Å². The van der Waals surface area contributed by atoms with Crippen molar-refractivity contribution in [3.8, 4) is 5.75 Å². The molecule has 3 rings (SSSR count). The number of carbonyl (C=O) groups excluding carboxylic acids is 1. The fourth-order valence-corrected chi connectivity index (χ4v) is 3.93. The van der Waals surface area contributed by atoms with E-state index in [-0.39, 0.29) is 17.7 Å². The first-order valence-electron chi connectivity index (χ1n) is 8.97. The minimum atomic E-state index is -1.01. The largest absolute Gasteiger partial charge is 0.506 e. The number of amides is 1. The first-order chi connectivity index (χ1) is 12.9. The quantitative estimate of drug-likeness (QED) is 0.698. The lowest BCUT2D eigenvalue weighted by Gasteiger charge is -2.35. The molecule has 0 unspecified atom stereocenters. The summed E-state index contributed by atoms with van der Waals surface area (Å²) in [7, 11) is 0. The van der Waals surface area contributed by atoms with E-state index < -0.39 is 5.60 Å². The van der Waals surface area contributed by atoms with E-state index in [4.69, 9.17) is 23.2 Å². The lowest BCUT2D eigenvalue weighted by molar-refractivity contribution is -0.122. The third-order valence-electron chi connectivity index (χ3n) is 5.04. The van der Waals surface area contributed by atoms with Crippen LogP contribution >= 0.6 is 23.2 Å². The molecule has 2 aromatic rings. The van der Waals surface area contributed by atoms with Crippen LogP contribution in [0.15, 0.2) is 36.5 Å². The van der Waals surface area contributed by atoms with Crippen molar-refractivity contribution in [2.24, 2.45) is 0 Å². The summed E-state index contributed by atoms with van der Waals surface area (Å²) in [4.78, 5) is 16.4. The zero-order valence-electron chi connectivity index (χ0n) is 14.8. The summed E-state index contributed by atoms with van der Waals surface area (Å²) in [6.45, 7) is 0. The lowest BCUT2D eigenvalue weighted by atomic mass is 9.80. The van der Waals surface area contributed by atoms with Crippen LogP contribution < -0.4 is 5.32 Å². The number of hydrogen-bond donors (Lipinski definition) is 3. The zero-order chi connectivity index (χ0) is 19.4. The summed E-state index contributed by atoms with van der Waals surface area (Å²) in [5, 5.41) is 24.3. The molecule has 1 aliphatic carbocycles. The predicted molar refractivity (Wildman–Crippen MR) is 105 cm³/mol. The molecule has 5 nitrogen and oxygen atoms in total. The zero-order valence-corrected chi connectivity index (χ0v) is 16.3. The first kappa shape index (κ1) is 19.9. The van der Waals surface area contributed by atoms with Gasteiger partial charge in [-0.15, -0.1) is 0 Å². The number of hydrogen-bond acceptors (Lipinski definition) is 4. The Kier molecular flexibility index (Phi) is 6.25. The number of rotatable bonds is 5. The molecular formula is C20H22Cl2N2O3. The number of nitrogens with one attached hydrogen (secondary N) is 1. The number of carbonyl (C=O) groups is 1. The Balaban J connectivity index is 1.48. The van der Waals surface area contributed by atoms with Crippen LogP contribution in [0.2, 0.25) is 10.0 Å². The number of aryl methyl sites for hydroxylation is 1. The van der Waals surface area contributed by atoms with Crippen molar-refractivity contribution in [2.75, 3.05) is 0 Å². The Morgan fingerprint density at radius 2 is 1.96 bits per heavy atom. The van der Waals surface area contributed by atoms with Crippen LogP contribution in [0.25, 0.3) is 0 Å². The molecule has 27 heavy (non-hydrogen) atoms. The SMILES string of the molecule is O=C(CCc1ccc(Cl)cc1Cl)N[C@H]1CC[C@@](O)(c2ccc(O)cn2)CC1. The van der Waals surface area contributed by atoms with E-state index in [0.717, 1.165) is 5.56 Å². The molecule has 1 fully saturated rings. The standard InChI is InChI=1S/C20H22Cl2N2O3/c21-14-3-1-13(17(22)11-14)2-6-19(26)24-15-7-9-20(27,10-8-15)18-5-4-16(25)12-23-18/h1,3-5,11-12,15,25,27H,2,6-10H2,(H,24,26)/t15-,20-. The molecule has 0 aliphatic heterocycles. The van der Waals surface area contributed by atoms with Gasteiger partial charge in [0.1, 0.15) is 11.4 Å². The molecule has 1 heterocycles. The van der Waals surface area contributed by atoms with Crippen molar-refractivity contribution >= 4 is 29.1 Å². The van der Waals surface area contributed by atoms with Crippen molar-refractivity contribution in [3.05, 3.63) is 57.8 Å². The van der Waals surface area contributed by atoms with Gasteiger partial charge in [0.15, 0.2) is 0 Å². The number of aromatic hydroxyl groups is 1. The van der Waals surface area contributed by atoms with Gasteiger partial charge >= 0.3 is 0 Å². The van der Waals surface area contributed by atoms with Crippen molar-refractivity contribution in [1.29, 1.82) is 0 Å². The van der Waals surface area contributed by atoms with Gasteiger partial charge in [-0.25, -0.2) is 0 Å². The topological polar surface area (TPSA) is 82.5 Å². The van der Waals surface area contributed by atoms with Crippen LogP contribution in [0.3, 0.4) is 0 Å². The Hall–Kier alpha value is -1.82. The molecule has 0 atom stereocenters. The number of aliphatic hydroxyl groups is 1. The van der Waals surface area contributed by atoms with Crippen molar-refractivity contribution in [3.63, 3.8) is 0 Å². The highest BCUT2D eigenvalue weighted by Crippen LogP contribution is 2.36. The highest BCUT2D eigenvalue weighted by molar-refractivity contribution is 6.35. The Morgan fingerprint density at radius 1 is 1.22 bits per heavy atom. The van der Waals surface area contributed by atoms with E-state index in [1.54, 1.807) is 18.2 Å². The van der Waals surface area contributed by atoms with E-state index in [0.29, 0.717) is 54.3 Å². The maximum absolute atomic E-state index is 12.2. The maximum Gasteiger partial charge on any atom is 0.220 e. The summed E-state index contributed by atoms with van der Waals surface area (Å²) < 4.78 is 0. The first-order valence-corrected chi connectivity index (χ1v) is 9.72. The van der Waals surface area contributed by atoms with Gasteiger partial charge in [0.2, 0.25) is 5.91 Å². The van der Waals surface area contributed by atoms with Crippen LogP contribution in [-0.4, -0.2) is 27.1 Å². The Bertz CT molecular complexity index is 803. The second kappa shape index (κ2) is 8.46.